The van der Waals surface area contributed by atoms with E-state index >= 15 is 0 Å². The molecule has 314 valence electrons. The normalized spacial score (nSPS) is 13.1. The molecule has 0 radical (unpaired) electrons. The summed E-state index contributed by atoms with van der Waals surface area (Å²) in [6, 6.07) is 0. The van der Waals surface area contributed by atoms with Gasteiger partial charge in [-0.25, -0.2) is 0 Å². The molecule has 0 atom stereocenters. The zero-order chi connectivity index (χ0) is 39.2. The predicted octanol–water partition coefficient (Wildman–Crippen LogP) is 5.64. The first-order valence-corrected chi connectivity index (χ1v) is 23.3. The lowest BCUT2D eigenvalue weighted by atomic mass is 10.0. The molecule has 1 amide bonds. The molecular formula is C37H68N10O4S4. The van der Waals surface area contributed by atoms with Crippen LogP contribution in [0, 0.1) is 0 Å². The van der Waals surface area contributed by atoms with Crippen molar-refractivity contribution in [1.29, 1.82) is 0 Å². The van der Waals surface area contributed by atoms with E-state index in [1.165, 1.54) is 64.2 Å². The van der Waals surface area contributed by atoms with Crippen LogP contribution in [0.5, 0.6) is 0 Å². The zero-order valence-electron chi connectivity index (χ0n) is 33.0. The van der Waals surface area contributed by atoms with Crippen molar-refractivity contribution >= 4 is 55.6 Å². The minimum Gasteiger partial charge on any atom is -0.373 e. The number of aromatic nitrogens is 6. The number of amides is 1. The van der Waals surface area contributed by atoms with Crippen molar-refractivity contribution in [3.8, 4) is 0 Å². The molecule has 14 nitrogen and oxygen atoms in total. The number of thiol groups is 3. The van der Waals surface area contributed by atoms with E-state index in [1.807, 2.05) is 35.4 Å². The molecule has 0 saturated heterocycles. The monoisotopic (exact) mass is 844 g/mol. The van der Waals surface area contributed by atoms with Crippen LogP contribution in [-0.2, 0) is 45.3 Å². The van der Waals surface area contributed by atoms with Crippen molar-refractivity contribution in [3.05, 3.63) is 35.7 Å². The van der Waals surface area contributed by atoms with Crippen molar-refractivity contribution in [2.45, 2.75) is 129 Å². The summed E-state index contributed by atoms with van der Waals surface area (Å²) in [5, 5.41) is 22.2. The summed E-state index contributed by atoms with van der Waals surface area (Å²) in [7, 11) is 0. The highest BCUT2D eigenvalue weighted by Crippen LogP contribution is 2.16. The fraction of sp³-hybridized carbons (Fsp3) is 0.811. The van der Waals surface area contributed by atoms with Gasteiger partial charge in [0.25, 0.3) is 0 Å². The minimum atomic E-state index is -0.985. The van der Waals surface area contributed by atoms with Gasteiger partial charge < -0.3 is 25.0 Å². The number of carbonyl (C=O) groups is 1. The highest BCUT2D eigenvalue weighted by atomic mass is 32.2. The summed E-state index contributed by atoms with van der Waals surface area (Å²) in [5.41, 5.74) is 7.59. The Hall–Kier alpha value is -1.67. The fourth-order valence-electron chi connectivity index (χ4n) is 5.93. The molecule has 0 saturated carbocycles. The summed E-state index contributed by atoms with van der Waals surface area (Å²) in [6.07, 6.45) is 22.0. The Morgan fingerprint density at radius 2 is 1.25 bits per heavy atom. The van der Waals surface area contributed by atoms with Crippen LogP contribution in [0.15, 0.2) is 24.3 Å². The summed E-state index contributed by atoms with van der Waals surface area (Å²) in [4.78, 5) is 13.6. The van der Waals surface area contributed by atoms with Crippen LogP contribution in [0.1, 0.15) is 108 Å². The summed E-state index contributed by atoms with van der Waals surface area (Å²) in [5.74, 6) is 4.09. The number of unbranched alkanes of at least 4 members (excludes halogenated alkanes) is 9. The average Bonchev–Trinajstić information content (AvgIpc) is 3.96. The number of hydrazine groups is 2. The Balaban J connectivity index is 1.59. The molecule has 1 aliphatic rings. The Kier molecular flexibility index (Phi) is 26.4. The molecule has 0 spiro atoms. The third kappa shape index (κ3) is 21.6. The van der Waals surface area contributed by atoms with Gasteiger partial charge in [-0.2, -0.15) is 49.6 Å². The summed E-state index contributed by atoms with van der Waals surface area (Å²) < 4.78 is 22.4. The number of hydrogen-bond donors (Lipinski definition) is 6. The van der Waals surface area contributed by atoms with Crippen LogP contribution >= 0.6 is 49.6 Å². The van der Waals surface area contributed by atoms with Gasteiger partial charge in [0.05, 0.1) is 57.7 Å². The molecule has 3 heterocycles. The number of nitrogens with one attached hydrogen (secondary N) is 3. The molecule has 1 aliphatic heterocycles. The minimum absolute atomic E-state index is 0.0698. The lowest BCUT2D eigenvalue weighted by Gasteiger charge is -2.34. The smallest absolute Gasteiger partial charge is 0.221 e. The van der Waals surface area contributed by atoms with Crippen LogP contribution in [0.25, 0.3) is 0 Å². The van der Waals surface area contributed by atoms with E-state index in [2.05, 4.69) is 81.7 Å². The first-order valence-electron chi connectivity index (χ1n) is 20.2. The topological polar surface area (TPSA) is 146 Å². The van der Waals surface area contributed by atoms with Gasteiger partial charge in [0.15, 0.2) is 0 Å². The highest BCUT2D eigenvalue weighted by molar-refractivity contribution is 7.99. The predicted molar refractivity (Wildman–Crippen MR) is 231 cm³/mol. The maximum absolute atomic E-state index is 13.6. The van der Waals surface area contributed by atoms with E-state index in [-0.39, 0.29) is 38.9 Å². The molecule has 0 bridgehead atoms. The molecule has 0 aromatic carbocycles. The molecule has 3 N–H and O–H groups in total. The number of aryl methyl sites for hydroxylation is 2. The SMILES string of the molecule is CCCCCCCCCCCCSCCC(=O)NC(COCC1=CN(CCCS)NN1)(COCc1cn(CCCS)nn1)COCc1cn(CCCS)nn1. The number of hydrogen-bond acceptors (Lipinski definition) is 15. The third-order valence-corrected chi connectivity index (χ3v) is 10.9. The van der Waals surface area contributed by atoms with Gasteiger partial charge in [-0.15, -0.1) is 15.7 Å². The number of carbonyl (C=O) groups excluding carboxylic acids is 1. The molecule has 0 aliphatic carbocycles. The molecule has 0 unspecified atom stereocenters. The van der Waals surface area contributed by atoms with Crippen molar-refractivity contribution in [2.75, 3.05) is 61.7 Å². The highest BCUT2D eigenvalue weighted by Gasteiger charge is 2.34. The van der Waals surface area contributed by atoms with Crippen LogP contribution in [0.3, 0.4) is 0 Å². The second-order valence-electron chi connectivity index (χ2n) is 14.1. The van der Waals surface area contributed by atoms with Crippen LogP contribution in [0.2, 0.25) is 0 Å². The van der Waals surface area contributed by atoms with Gasteiger partial charge >= 0.3 is 0 Å². The van der Waals surface area contributed by atoms with E-state index in [0.717, 1.165) is 73.4 Å². The molecule has 55 heavy (non-hydrogen) atoms. The van der Waals surface area contributed by atoms with Crippen molar-refractivity contribution < 1.29 is 19.0 Å². The average molecular weight is 845 g/mol. The van der Waals surface area contributed by atoms with Gasteiger partial charge in [0.2, 0.25) is 5.91 Å². The number of nitrogens with zero attached hydrogens (tertiary/aromatic N) is 7. The maximum Gasteiger partial charge on any atom is 0.221 e. The van der Waals surface area contributed by atoms with E-state index in [0.29, 0.717) is 24.4 Å². The Morgan fingerprint density at radius 1 is 0.727 bits per heavy atom. The molecule has 2 aromatic rings. The largest absolute Gasteiger partial charge is 0.373 e. The van der Waals surface area contributed by atoms with Gasteiger partial charge in [-0.1, -0.05) is 75.1 Å². The zero-order valence-corrected chi connectivity index (χ0v) is 36.5. The lowest BCUT2D eigenvalue weighted by molar-refractivity contribution is -0.127. The number of thioether (sulfide) groups is 1. The second-order valence-corrected chi connectivity index (χ2v) is 16.7. The van der Waals surface area contributed by atoms with Gasteiger partial charge in [-0.3, -0.25) is 19.2 Å². The molecular weight excluding hydrogens is 777 g/mol. The second kappa shape index (κ2) is 30.4. The third-order valence-electron chi connectivity index (χ3n) is 8.90. The standard InChI is InChI=1S/C37H68N10O4S4/c1-2-3-4-5-6-7-8-9-10-11-22-55-23-15-36(48)38-37(30-49-27-33-24-45(42-39-33)16-12-19-52,31-50-28-34-25-46(43-40-34)17-13-20-53)32-51-29-35-26-47(44-41-35)18-14-21-54/h24-26,39,42,52-54H,2-23,27-32H2,1H3,(H,38,48). The van der Waals surface area contributed by atoms with Crippen molar-refractivity contribution in [2.24, 2.45) is 0 Å². The van der Waals surface area contributed by atoms with E-state index in [9.17, 15) is 4.79 Å². The lowest BCUT2D eigenvalue weighted by Crippen LogP contribution is -2.58. The van der Waals surface area contributed by atoms with Crippen LogP contribution < -0.4 is 16.3 Å². The Morgan fingerprint density at radius 3 is 1.82 bits per heavy atom. The number of rotatable bonds is 36. The fourth-order valence-corrected chi connectivity index (χ4v) is 7.30. The van der Waals surface area contributed by atoms with Gasteiger partial charge in [0, 0.05) is 38.0 Å². The quantitative estimate of drug-likeness (QED) is 0.0373. The van der Waals surface area contributed by atoms with Gasteiger partial charge in [0.1, 0.15) is 16.9 Å². The van der Waals surface area contributed by atoms with E-state index in [1.54, 1.807) is 9.36 Å². The number of ether oxygens (including phenoxy) is 3. The molecule has 18 heteroatoms. The van der Waals surface area contributed by atoms with E-state index < -0.39 is 5.54 Å². The first kappa shape index (κ1) is 47.7. The van der Waals surface area contributed by atoms with Crippen molar-refractivity contribution in [3.63, 3.8) is 0 Å². The van der Waals surface area contributed by atoms with Crippen molar-refractivity contribution in [1.82, 2.24) is 51.3 Å². The van der Waals surface area contributed by atoms with E-state index in [4.69, 9.17) is 14.2 Å². The Labute approximate surface area is 350 Å². The molecule has 2 aromatic heterocycles. The van der Waals surface area contributed by atoms with Crippen LogP contribution in [-0.4, -0.2) is 108 Å². The summed E-state index contributed by atoms with van der Waals surface area (Å²) in [6.45, 7) is 5.74. The van der Waals surface area contributed by atoms with Gasteiger partial charge in [-0.05, 0) is 48.7 Å². The summed E-state index contributed by atoms with van der Waals surface area (Å²) >= 11 is 14.8. The van der Waals surface area contributed by atoms with Crippen LogP contribution in [0.4, 0.5) is 0 Å². The Bertz CT molecular complexity index is 1250. The molecule has 3 rings (SSSR count). The maximum atomic E-state index is 13.6. The first-order chi connectivity index (χ1) is 27.0. The molecule has 0 fully saturated rings.